The number of carboxylic acids is 1. The van der Waals surface area contributed by atoms with Gasteiger partial charge in [0.2, 0.25) is 0 Å². The van der Waals surface area contributed by atoms with E-state index in [0.717, 1.165) is 19.3 Å². The molecule has 8 nitrogen and oxygen atoms in total. The Hall–Kier alpha value is -1.67. The number of hydrogen-bond donors (Lipinski definition) is 0. The molecule has 41 heavy (non-hydrogen) atoms. The second-order valence-corrected chi connectivity index (χ2v) is 12.4. The Bertz CT molecular complexity index is 662. The number of nitrogens with zero attached hydrogens (tertiary/aromatic N) is 1. The predicted molar refractivity (Wildman–Crippen MR) is 162 cm³/mol. The van der Waals surface area contributed by atoms with E-state index < -0.39 is 18.1 Å². The van der Waals surface area contributed by atoms with E-state index in [-0.39, 0.29) is 49.1 Å². The maximum Gasteiger partial charge on any atom is 0.306 e. The molecule has 0 aliphatic carbocycles. The van der Waals surface area contributed by atoms with Crippen molar-refractivity contribution >= 4 is 17.9 Å². The number of carbonyl (C=O) groups is 3. The summed E-state index contributed by atoms with van der Waals surface area (Å²) < 4.78 is 16.5. The summed E-state index contributed by atoms with van der Waals surface area (Å²) in [4.78, 5) is 35.4. The summed E-state index contributed by atoms with van der Waals surface area (Å²) in [7, 11) is 5.36. The van der Waals surface area contributed by atoms with Gasteiger partial charge in [-0.25, -0.2) is 0 Å². The molecule has 0 rings (SSSR count). The molecule has 0 amide bonds. The molecule has 0 aromatic carbocycles. The van der Waals surface area contributed by atoms with Crippen LogP contribution >= 0.6 is 0 Å². The van der Waals surface area contributed by atoms with Crippen LogP contribution in [0.4, 0.5) is 0 Å². The molecule has 8 heteroatoms. The highest BCUT2D eigenvalue weighted by molar-refractivity contribution is 5.70. The highest BCUT2D eigenvalue weighted by atomic mass is 16.6. The monoisotopic (exact) mass is 585 g/mol. The Morgan fingerprint density at radius 2 is 1.12 bits per heavy atom. The minimum atomic E-state index is -1.13. The number of rotatable bonds is 29. The zero-order chi connectivity index (χ0) is 30.8. The van der Waals surface area contributed by atoms with Gasteiger partial charge >= 0.3 is 11.9 Å². The summed E-state index contributed by atoms with van der Waals surface area (Å²) >= 11 is 0. The van der Waals surface area contributed by atoms with Gasteiger partial charge in [-0.1, -0.05) is 117 Å². The number of likely N-dealkylation sites (N-methyl/N-ethyl adjacent to an activating group) is 1. The Labute approximate surface area is 251 Å². The average molecular weight is 586 g/mol. The minimum Gasteiger partial charge on any atom is -0.544 e. The third-order valence-corrected chi connectivity index (χ3v) is 7.55. The zero-order valence-corrected chi connectivity index (χ0v) is 27.2. The van der Waals surface area contributed by atoms with Gasteiger partial charge in [0.05, 0.1) is 40.3 Å². The van der Waals surface area contributed by atoms with E-state index in [9.17, 15) is 19.5 Å². The molecule has 0 radical (unpaired) electrons. The third kappa shape index (κ3) is 24.6. The number of hydrogen-bond acceptors (Lipinski definition) is 7. The fourth-order valence-corrected chi connectivity index (χ4v) is 4.87. The molecule has 0 bridgehead atoms. The van der Waals surface area contributed by atoms with Gasteiger partial charge < -0.3 is 28.6 Å². The van der Waals surface area contributed by atoms with Crippen LogP contribution in [0.1, 0.15) is 142 Å². The first-order valence-corrected chi connectivity index (χ1v) is 16.6. The van der Waals surface area contributed by atoms with Gasteiger partial charge in [-0.15, -0.1) is 0 Å². The highest BCUT2D eigenvalue weighted by Gasteiger charge is 2.25. The van der Waals surface area contributed by atoms with Gasteiger partial charge in [0.25, 0.3) is 0 Å². The van der Waals surface area contributed by atoms with Crippen LogP contribution in [0.2, 0.25) is 0 Å². The van der Waals surface area contributed by atoms with Crippen LogP contribution in [0.15, 0.2) is 0 Å². The van der Waals surface area contributed by atoms with Crippen molar-refractivity contribution in [2.24, 2.45) is 0 Å². The first-order valence-electron chi connectivity index (χ1n) is 16.6. The molecule has 2 atom stereocenters. The van der Waals surface area contributed by atoms with Gasteiger partial charge in [0.1, 0.15) is 12.6 Å². The van der Waals surface area contributed by atoms with Crippen LogP contribution in [-0.4, -0.2) is 75.5 Å². The average Bonchev–Trinajstić information content (AvgIpc) is 2.91. The van der Waals surface area contributed by atoms with Crippen LogP contribution in [0.5, 0.6) is 0 Å². The molecule has 242 valence electrons. The molecule has 0 spiro atoms. The summed E-state index contributed by atoms with van der Waals surface area (Å²) in [5, 5.41) is 11.4. The van der Waals surface area contributed by atoms with Crippen LogP contribution in [0, 0.1) is 0 Å². The molecule has 0 aliphatic rings. The molecule has 0 saturated carbocycles. The molecule has 0 fully saturated rings. The standard InChI is InChI=1S/C33H63NO7/c1-6-8-9-10-11-12-13-14-15-16-17-18-19-20-21-22-23-24-32(36)41-29(28-40-31(35)7-2)27-39-26-25-30(33(37)38)34(3,4)5/h29-30H,6-28H2,1-5H3. The van der Waals surface area contributed by atoms with E-state index in [1.165, 1.54) is 89.9 Å². The van der Waals surface area contributed by atoms with Crippen molar-refractivity contribution in [3.05, 3.63) is 0 Å². The number of esters is 2. The normalized spacial score (nSPS) is 13.1. The Balaban J connectivity index is 3.97. The van der Waals surface area contributed by atoms with Gasteiger partial charge in [0.15, 0.2) is 6.10 Å². The van der Waals surface area contributed by atoms with Crippen LogP contribution in [0.25, 0.3) is 0 Å². The number of aliphatic carboxylic acids is 1. The fourth-order valence-electron chi connectivity index (χ4n) is 4.87. The lowest BCUT2D eigenvalue weighted by Gasteiger charge is -2.34. The van der Waals surface area contributed by atoms with Gasteiger partial charge in [-0.05, 0) is 6.42 Å². The molecule has 0 aromatic rings. The predicted octanol–water partition coefficient (Wildman–Crippen LogP) is 6.12. The first-order chi connectivity index (χ1) is 19.6. The molecule has 0 heterocycles. The van der Waals surface area contributed by atoms with Crippen molar-refractivity contribution in [3.63, 3.8) is 0 Å². The Kier molecular flexibility index (Phi) is 24.9. The lowest BCUT2D eigenvalue weighted by atomic mass is 10.0. The number of ether oxygens (including phenoxy) is 3. The first kappa shape index (κ1) is 39.3. The van der Waals surface area contributed by atoms with E-state index in [1.807, 2.05) is 0 Å². The molecule has 0 N–H and O–H groups in total. The van der Waals surface area contributed by atoms with Crippen molar-refractivity contribution in [3.8, 4) is 0 Å². The summed E-state index contributed by atoms with van der Waals surface area (Å²) in [5.74, 6) is -1.83. The SMILES string of the molecule is CCCCCCCCCCCCCCCCCCCC(=O)OC(COCCC(C(=O)[O-])[N+](C)(C)C)COC(=O)CC. The number of quaternary nitrogens is 1. The quantitative estimate of drug-likeness (QED) is 0.0592. The summed E-state index contributed by atoms with van der Waals surface area (Å²) in [5.41, 5.74) is 0. The molecule has 0 saturated heterocycles. The van der Waals surface area contributed by atoms with E-state index >= 15 is 0 Å². The maximum atomic E-state index is 12.4. The van der Waals surface area contributed by atoms with E-state index in [4.69, 9.17) is 14.2 Å². The smallest absolute Gasteiger partial charge is 0.306 e. The molecule has 0 aromatic heterocycles. The summed E-state index contributed by atoms with van der Waals surface area (Å²) in [6.45, 7) is 4.10. The molecule has 0 aliphatic heterocycles. The van der Waals surface area contributed by atoms with Gasteiger partial charge in [-0.2, -0.15) is 0 Å². The van der Waals surface area contributed by atoms with Crippen molar-refractivity contribution < 1.29 is 38.2 Å². The van der Waals surface area contributed by atoms with E-state index in [1.54, 1.807) is 28.1 Å². The number of carbonyl (C=O) groups excluding carboxylic acids is 3. The maximum absolute atomic E-state index is 12.4. The lowest BCUT2D eigenvalue weighted by molar-refractivity contribution is -0.889. The third-order valence-electron chi connectivity index (χ3n) is 7.55. The summed E-state index contributed by atoms with van der Waals surface area (Å²) in [6, 6.07) is -0.714. The molecular weight excluding hydrogens is 522 g/mol. The Morgan fingerprint density at radius 1 is 0.659 bits per heavy atom. The highest BCUT2D eigenvalue weighted by Crippen LogP contribution is 2.15. The van der Waals surface area contributed by atoms with Gasteiger partial charge in [-0.3, -0.25) is 9.59 Å². The number of unbranched alkanes of at least 4 members (excludes halogenated alkanes) is 16. The van der Waals surface area contributed by atoms with E-state index in [0.29, 0.717) is 6.42 Å². The Morgan fingerprint density at radius 3 is 1.54 bits per heavy atom. The van der Waals surface area contributed by atoms with Crippen LogP contribution in [0.3, 0.4) is 0 Å². The van der Waals surface area contributed by atoms with Crippen LogP contribution in [-0.2, 0) is 28.6 Å². The lowest BCUT2D eigenvalue weighted by Crippen LogP contribution is -2.55. The minimum absolute atomic E-state index is 0.0404. The molecule has 2 unspecified atom stereocenters. The second kappa shape index (κ2) is 26.0. The largest absolute Gasteiger partial charge is 0.544 e. The van der Waals surface area contributed by atoms with Crippen molar-refractivity contribution in [2.45, 2.75) is 154 Å². The fraction of sp³-hybridized carbons (Fsp3) is 0.909. The molecular formula is C33H63NO7. The van der Waals surface area contributed by atoms with Crippen LogP contribution < -0.4 is 5.11 Å². The zero-order valence-electron chi connectivity index (χ0n) is 27.2. The summed E-state index contributed by atoms with van der Waals surface area (Å²) in [6.07, 6.45) is 22.0. The number of carboxylic acid groups (broad SMARTS) is 1. The van der Waals surface area contributed by atoms with E-state index in [2.05, 4.69) is 6.92 Å². The van der Waals surface area contributed by atoms with Crippen molar-refractivity contribution in [2.75, 3.05) is 41.0 Å². The topological polar surface area (TPSA) is 102 Å². The van der Waals surface area contributed by atoms with Gasteiger partial charge in [0, 0.05) is 19.3 Å². The second-order valence-electron chi connectivity index (χ2n) is 12.4. The van der Waals surface area contributed by atoms with Crippen molar-refractivity contribution in [1.82, 2.24) is 0 Å². The van der Waals surface area contributed by atoms with Crippen molar-refractivity contribution in [1.29, 1.82) is 0 Å².